The lowest BCUT2D eigenvalue weighted by Gasteiger charge is -2.14. The van der Waals surface area contributed by atoms with Gasteiger partial charge >= 0.3 is 0 Å². The Hall–Kier alpha value is -3.00. The van der Waals surface area contributed by atoms with E-state index in [1.165, 1.54) is 16.3 Å². The van der Waals surface area contributed by atoms with E-state index in [0.29, 0.717) is 34.1 Å². The Bertz CT molecular complexity index is 1110. The van der Waals surface area contributed by atoms with Gasteiger partial charge in [0.1, 0.15) is 0 Å². The molecule has 1 aliphatic rings. The highest BCUT2D eigenvalue weighted by Crippen LogP contribution is 2.32. The van der Waals surface area contributed by atoms with E-state index in [4.69, 9.17) is 9.47 Å². The first-order chi connectivity index (χ1) is 13.5. The number of thioether (sulfide) groups is 1. The zero-order valence-corrected chi connectivity index (χ0v) is 16.3. The van der Waals surface area contributed by atoms with Gasteiger partial charge in [0.05, 0.1) is 16.2 Å². The van der Waals surface area contributed by atoms with Crippen LogP contribution in [0, 0.1) is 0 Å². The van der Waals surface area contributed by atoms with Crippen LogP contribution in [0.3, 0.4) is 0 Å². The summed E-state index contributed by atoms with van der Waals surface area (Å²) in [5.74, 6) is 1.26. The van der Waals surface area contributed by atoms with Crippen LogP contribution in [0.15, 0.2) is 52.4 Å². The fourth-order valence-corrected chi connectivity index (χ4v) is 3.80. The number of para-hydroxylation sites is 1. The minimum absolute atomic E-state index is 0.124. The molecular weight excluding hydrogens is 378 g/mol. The van der Waals surface area contributed by atoms with Crippen LogP contribution < -0.4 is 20.3 Å². The molecule has 0 spiro atoms. The molecule has 4 rings (SSSR count). The number of nitrogens with one attached hydrogen (secondary N) is 1. The number of rotatable bonds is 5. The number of hydrogen-bond donors (Lipinski definition) is 1. The summed E-state index contributed by atoms with van der Waals surface area (Å²) < 4.78 is 12.1. The van der Waals surface area contributed by atoms with Crippen LogP contribution in [0.5, 0.6) is 11.5 Å². The van der Waals surface area contributed by atoms with Gasteiger partial charge in [-0.25, -0.2) is 4.98 Å². The van der Waals surface area contributed by atoms with Crippen molar-refractivity contribution in [3.05, 3.63) is 58.4 Å². The number of aromatic nitrogens is 2. The van der Waals surface area contributed by atoms with Gasteiger partial charge in [0.2, 0.25) is 12.7 Å². The zero-order chi connectivity index (χ0) is 19.7. The molecule has 0 saturated carbocycles. The summed E-state index contributed by atoms with van der Waals surface area (Å²) in [6.45, 7) is 2.39. The lowest BCUT2D eigenvalue weighted by molar-refractivity contribution is -0.120. The maximum absolute atomic E-state index is 12.5. The van der Waals surface area contributed by atoms with Crippen LogP contribution in [0.4, 0.5) is 0 Å². The topological polar surface area (TPSA) is 82.5 Å². The number of amides is 1. The number of hydrogen-bond acceptors (Lipinski definition) is 6. The van der Waals surface area contributed by atoms with Gasteiger partial charge in [-0.05, 0) is 36.8 Å². The van der Waals surface area contributed by atoms with Crippen LogP contribution in [-0.4, -0.2) is 27.5 Å². The number of nitrogens with zero attached hydrogens (tertiary/aromatic N) is 2. The van der Waals surface area contributed by atoms with E-state index in [1.54, 1.807) is 26.1 Å². The molecule has 0 saturated heterocycles. The van der Waals surface area contributed by atoms with Crippen molar-refractivity contribution in [3.8, 4) is 11.5 Å². The molecule has 1 aliphatic heterocycles. The van der Waals surface area contributed by atoms with E-state index in [1.807, 2.05) is 30.3 Å². The fourth-order valence-electron chi connectivity index (χ4n) is 2.90. The average molecular weight is 397 g/mol. The minimum atomic E-state index is -0.409. The highest BCUT2D eigenvalue weighted by molar-refractivity contribution is 8.00. The summed E-state index contributed by atoms with van der Waals surface area (Å²) in [4.78, 5) is 29.5. The molecule has 0 fully saturated rings. The quantitative estimate of drug-likeness (QED) is 0.526. The molecule has 1 amide bonds. The number of fused-ring (bicyclic) bond motifs is 2. The van der Waals surface area contributed by atoms with Gasteiger partial charge in [0, 0.05) is 13.6 Å². The molecule has 1 aromatic heterocycles. The lowest BCUT2D eigenvalue weighted by Crippen LogP contribution is -2.31. The predicted octanol–water partition coefficient (Wildman–Crippen LogP) is 2.46. The number of benzene rings is 2. The van der Waals surface area contributed by atoms with Crippen LogP contribution in [0.2, 0.25) is 0 Å². The molecule has 2 heterocycles. The number of carbonyl (C=O) groups is 1. The highest BCUT2D eigenvalue weighted by atomic mass is 32.2. The Balaban J connectivity index is 1.44. The number of carbonyl (C=O) groups excluding carboxylic acids is 1. The van der Waals surface area contributed by atoms with E-state index in [2.05, 4.69) is 10.3 Å². The van der Waals surface area contributed by atoms with Crippen LogP contribution in [0.25, 0.3) is 10.9 Å². The first-order valence-corrected chi connectivity index (χ1v) is 9.69. The van der Waals surface area contributed by atoms with E-state index in [-0.39, 0.29) is 18.3 Å². The highest BCUT2D eigenvalue weighted by Gasteiger charge is 2.19. The molecule has 3 aromatic rings. The van der Waals surface area contributed by atoms with Crippen molar-refractivity contribution in [2.75, 3.05) is 6.79 Å². The summed E-state index contributed by atoms with van der Waals surface area (Å²) >= 11 is 1.26. The van der Waals surface area contributed by atoms with Gasteiger partial charge in [0.25, 0.3) is 5.56 Å². The fraction of sp³-hybridized carbons (Fsp3) is 0.250. The van der Waals surface area contributed by atoms with Crippen molar-refractivity contribution in [1.29, 1.82) is 0 Å². The monoisotopic (exact) mass is 397 g/mol. The summed E-state index contributed by atoms with van der Waals surface area (Å²) in [5.41, 5.74) is 1.42. The van der Waals surface area contributed by atoms with E-state index >= 15 is 0 Å². The third-order valence-electron chi connectivity index (χ3n) is 4.50. The first kappa shape index (κ1) is 18.4. The molecule has 0 unspecified atom stereocenters. The molecule has 28 heavy (non-hydrogen) atoms. The third kappa shape index (κ3) is 3.55. The summed E-state index contributed by atoms with van der Waals surface area (Å²) in [6.07, 6.45) is 0. The van der Waals surface area contributed by atoms with Gasteiger partial charge in [-0.15, -0.1) is 0 Å². The van der Waals surface area contributed by atoms with Crippen molar-refractivity contribution in [1.82, 2.24) is 14.9 Å². The Morgan fingerprint density at radius 2 is 2.04 bits per heavy atom. The van der Waals surface area contributed by atoms with Gasteiger partial charge in [-0.3, -0.25) is 14.2 Å². The van der Waals surface area contributed by atoms with Gasteiger partial charge in [-0.1, -0.05) is 30.0 Å². The normalized spacial score (nSPS) is 13.5. The second-order valence-corrected chi connectivity index (χ2v) is 7.75. The largest absolute Gasteiger partial charge is 0.454 e. The molecule has 1 N–H and O–H groups in total. The second kappa shape index (κ2) is 7.55. The van der Waals surface area contributed by atoms with Crippen LogP contribution >= 0.6 is 11.8 Å². The lowest BCUT2D eigenvalue weighted by atomic mass is 10.2. The smallest absolute Gasteiger partial charge is 0.261 e. The van der Waals surface area contributed by atoms with Gasteiger partial charge < -0.3 is 14.8 Å². The van der Waals surface area contributed by atoms with Crippen molar-refractivity contribution in [2.45, 2.75) is 23.9 Å². The summed E-state index contributed by atoms with van der Waals surface area (Å²) in [6, 6.07) is 12.8. The van der Waals surface area contributed by atoms with E-state index in [0.717, 1.165) is 5.56 Å². The van der Waals surface area contributed by atoms with Crippen LogP contribution in [0.1, 0.15) is 12.5 Å². The van der Waals surface area contributed by atoms with Crippen molar-refractivity contribution < 1.29 is 14.3 Å². The molecule has 1 atom stereocenters. The summed E-state index contributed by atoms with van der Waals surface area (Å²) in [7, 11) is 1.67. The molecule has 2 aromatic carbocycles. The SMILES string of the molecule is C[C@H](Sc1nc2ccccc2c(=O)n1C)C(=O)NCc1ccc2c(c1)OCO2. The number of ether oxygens (including phenoxy) is 2. The van der Waals surface area contributed by atoms with Crippen molar-refractivity contribution >= 4 is 28.6 Å². The molecule has 0 radical (unpaired) electrons. The molecule has 8 heteroatoms. The average Bonchev–Trinajstić information content (AvgIpc) is 3.17. The standard InChI is InChI=1S/C20H19N3O4S/c1-12(18(24)21-10-13-7-8-16-17(9-13)27-11-26-16)28-20-22-15-6-4-3-5-14(15)19(25)23(20)2/h3-9,12H,10-11H2,1-2H3,(H,21,24)/t12-/m0/s1. The maximum atomic E-state index is 12.5. The maximum Gasteiger partial charge on any atom is 0.261 e. The first-order valence-electron chi connectivity index (χ1n) is 8.81. The Morgan fingerprint density at radius 1 is 1.25 bits per heavy atom. The van der Waals surface area contributed by atoms with E-state index < -0.39 is 5.25 Å². The molecule has 0 bridgehead atoms. The molecule has 144 valence electrons. The second-order valence-electron chi connectivity index (χ2n) is 6.44. The Labute approximate surface area is 165 Å². The molecule has 7 nitrogen and oxygen atoms in total. The van der Waals surface area contributed by atoms with E-state index in [9.17, 15) is 9.59 Å². The molecular formula is C20H19N3O4S. The Morgan fingerprint density at radius 3 is 2.89 bits per heavy atom. The van der Waals surface area contributed by atoms with Gasteiger partial charge in [-0.2, -0.15) is 0 Å². The van der Waals surface area contributed by atoms with Crippen LogP contribution in [-0.2, 0) is 18.4 Å². The van der Waals surface area contributed by atoms with Crippen molar-refractivity contribution in [2.24, 2.45) is 7.05 Å². The third-order valence-corrected chi connectivity index (χ3v) is 5.64. The Kier molecular flexibility index (Phi) is 4.95. The summed E-state index contributed by atoms with van der Waals surface area (Å²) in [5, 5.41) is 3.57. The van der Waals surface area contributed by atoms with Gasteiger partial charge in [0.15, 0.2) is 16.7 Å². The minimum Gasteiger partial charge on any atom is -0.454 e. The van der Waals surface area contributed by atoms with Crippen molar-refractivity contribution in [3.63, 3.8) is 0 Å². The zero-order valence-electron chi connectivity index (χ0n) is 15.5. The molecule has 0 aliphatic carbocycles. The predicted molar refractivity (Wildman–Crippen MR) is 107 cm³/mol.